The summed E-state index contributed by atoms with van der Waals surface area (Å²) >= 11 is 0. The second-order valence-corrected chi connectivity index (χ2v) is 9.16. The number of nitriles is 1. The highest BCUT2D eigenvalue weighted by molar-refractivity contribution is 7.89. The maximum absolute atomic E-state index is 12.8. The second kappa shape index (κ2) is 9.17. The Kier molecular flexibility index (Phi) is 6.75. The molecule has 1 saturated heterocycles. The van der Waals surface area contributed by atoms with Crippen molar-refractivity contribution in [2.24, 2.45) is 13.0 Å². The topological polar surface area (TPSA) is 117 Å². The van der Waals surface area contributed by atoms with Gasteiger partial charge in [-0.2, -0.15) is 9.57 Å². The number of carbonyl (C=O) groups excluding carboxylic acids is 1. The van der Waals surface area contributed by atoms with Gasteiger partial charge in [0.15, 0.2) is 5.03 Å². The smallest absolute Gasteiger partial charge is 0.405 e. The molecule has 32 heavy (non-hydrogen) atoms. The molecule has 1 atom stereocenters. The molecule has 2 heterocycles. The quantitative estimate of drug-likeness (QED) is 0.688. The monoisotopic (exact) mass is 471 g/mol. The van der Waals surface area contributed by atoms with Gasteiger partial charge in [0.05, 0.1) is 23.9 Å². The van der Waals surface area contributed by atoms with Crippen LogP contribution in [0.2, 0.25) is 0 Å². The fraction of sp³-hybridized carbons (Fsp3) is 0.421. The first-order valence-corrected chi connectivity index (χ1v) is 11.0. The van der Waals surface area contributed by atoms with E-state index in [1.54, 1.807) is 13.1 Å². The molecular weight excluding hydrogens is 451 g/mol. The van der Waals surface area contributed by atoms with E-state index in [4.69, 9.17) is 5.26 Å². The lowest BCUT2D eigenvalue weighted by atomic mass is 9.98. The number of aromatic nitrogens is 2. The van der Waals surface area contributed by atoms with Gasteiger partial charge < -0.3 is 14.6 Å². The number of alkyl halides is 3. The van der Waals surface area contributed by atoms with Crippen molar-refractivity contribution in [3.8, 4) is 11.8 Å². The highest BCUT2D eigenvalue weighted by atomic mass is 32.2. The Hall–Kier alpha value is -3.11. The number of nitrogens with zero attached hydrogens (tertiary/aromatic N) is 4. The van der Waals surface area contributed by atoms with Gasteiger partial charge in [0.1, 0.15) is 5.75 Å². The predicted molar refractivity (Wildman–Crippen MR) is 104 cm³/mol. The molecule has 0 spiro atoms. The van der Waals surface area contributed by atoms with E-state index in [0.29, 0.717) is 12.8 Å². The molecule has 1 N–H and O–H groups in total. The lowest BCUT2D eigenvalue weighted by molar-refractivity contribution is -0.274. The van der Waals surface area contributed by atoms with Gasteiger partial charge in [-0.1, -0.05) is 6.07 Å². The third-order valence-corrected chi connectivity index (χ3v) is 6.67. The van der Waals surface area contributed by atoms with Crippen LogP contribution in [0.15, 0.2) is 35.7 Å². The Bertz CT molecular complexity index is 1140. The number of benzene rings is 1. The Morgan fingerprint density at radius 2 is 2.16 bits per heavy atom. The number of imidazole rings is 1. The number of amides is 1. The number of piperidine rings is 1. The van der Waals surface area contributed by atoms with Crippen LogP contribution in [0, 0.1) is 17.2 Å². The van der Waals surface area contributed by atoms with Crippen LogP contribution in [-0.2, 0) is 28.4 Å². The van der Waals surface area contributed by atoms with Gasteiger partial charge in [0, 0.05) is 38.4 Å². The van der Waals surface area contributed by atoms with Crippen molar-refractivity contribution in [2.45, 2.75) is 30.8 Å². The van der Waals surface area contributed by atoms with Crippen LogP contribution in [0.1, 0.15) is 24.0 Å². The number of rotatable bonds is 6. The molecule has 1 fully saturated rings. The molecule has 3 rings (SSSR count). The number of sulfonamides is 1. The highest BCUT2D eigenvalue weighted by Gasteiger charge is 2.35. The summed E-state index contributed by atoms with van der Waals surface area (Å²) in [5.74, 6) is -1.75. The van der Waals surface area contributed by atoms with Gasteiger partial charge in [-0.3, -0.25) is 4.79 Å². The van der Waals surface area contributed by atoms with Crippen molar-refractivity contribution >= 4 is 15.9 Å². The molecule has 0 bridgehead atoms. The lowest BCUT2D eigenvalue weighted by Crippen LogP contribution is -2.45. The molecule has 2 aromatic rings. The first kappa shape index (κ1) is 23.6. The van der Waals surface area contributed by atoms with Gasteiger partial charge in [-0.25, -0.2) is 13.4 Å². The predicted octanol–water partition coefficient (Wildman–Crippen LogP) is 1.91. The molecule has 0 radical (unpaired) electrons. The summed E-state index contributed by atoms with van der Waals surface area (Å²) in [5, 5.41) is 11.3. The first-order valence-electron chi connectivity index (χ1n) is 9.54. The standard InChI is InChI=1S/C19H20F3N5O4S/c1-26-11-17(25-12-26)32(29,30)27-6-2-3-15(10-27)18(28)24-9-14-5-4-13(8-23)7-16(14)31-19(20,21)22/h4-5,7,11-12,15H,2-3,6,9-10H2,1H3,(H,24,28)/t15-/m1/s1. The molecule has 1 aromatic heterocycles. The number of nitrogens with one attached hydrogen (secondary N) is 1. The summed E-state index contributed by atoms with van der Waals surface area (Å²) < 4.78 is 70.2. The minimum absolute atomic E-state index is 0.0259. The van der Waals surface area contributed by atoms with E-state index in [1.165, 1.54) is 33.5 Å². The number of hydrogen-bond donors (Lipinski definition) is 1. The molecule has 0 saturated carbocycles. The van der Waals surface area contributed by atoms with Crippen LogP contribution < -0.4 is 10.1 Å². The number of halogens is 3. The van der Waals surface area contributed by atoms with E-state index >= 15 is 0 Å². The van der Waals surface area contributed by atoms with E-state index in [-0.39, 0.29) is 35.8 Å². The zero-order valence-electron chi connectivity index (χ0n) is 17.0. The van der Waals surface area contributed by atoms with Crippen molar-refractivity contribution in [3.05, 3.63) is 41.9 Å². The SMILES string of the molecule is Cn1cnc(S(=O)(=O)N2CCC[C@@H](C(=O)NCc3ccc(C#N)cc3OC(F)(F)F)C2)c1. The van der Waals surface area contributed by atoms with Gasteiger partial charge in [0.25, 0.3) is 10.0 Å². The fourth-order valence-electron chi connectivity index (χ4n) is 3.35. The maximum Gasteiger partial charge on any atom is 0.573 e. The summed E-state index contributed by atoms with van der Waals surface area (Å²) in [6, 6.07) is 5.24. The molecule has 172 valence electrons. The summed E-state index contributed by atoms with van der Waals surface area (Å²) in [7, 11) is -2.23. The van der Waals surface area contributed by atoms with Crippen molar-refractivity contribution < 1.29 is 31.1 Å². The van der Waals surface area contributed by atoms with E-state index in [9.17, 15) is 26.4 Å². The normalized spacial score (nSPS) is 17.5. The number of aryl methyl sites for hydroxylation is 1. The summed E-state index contributed by atoms with van der Waals surface area (Å²) in [6.07, 6.45) is -1.36. The lowest BCUT2D eigenvalue weighted by Gasteiger charge is -2.30. The fourth-order valence-corrected chi connectivity index (χ4v) is 4.84. The van der Waals surface area contributed by atoms with Crippen molar-refractivity contribution in [1.82, 2.24) is 19.2 Å². The second-order valence-electron chi connectivity index (χ2n) is 7.28. The van der Waals surface area contributed by atoms with Gasteiger partial charge in [0.2, 0.25) is 5.91 Å². The Morgan fingerprint density at radius 3 is 2.78 bits per heavy atom. The van der Waals surface area contributed by atoms with E-state index < -0.39 is 34.0 Å². The van der Waals surface area contributed by atoms with Crippen LogP contribution >= 0.6 is 0 Å². The van der Waals surface area contributed by atoms with Crippen LogP contribution in [0.4, 0.5) is 13.2 Å². The van der Waals surface area contributed by atoms with Gasteiger partial charge in [-0.15, -0.1) is 13.2 Å². The molecule has 9 nitrogen and oxygen atoms in total. The molecule has 1 aliphatic rings. The Balaban J connectivity index is 1.68. The third-order valence-electron chi connectivity index (χ3n) is 4.92. The Labute approximate surface area is 182 Å². The zero-order valence-corrected chi connectivity index (χ0v) is 17.8. The molecular formula is C19H20F3N5O4S. The van der Waals surface area contributed by atoms with Gasteiger partial charge in [-0.05, 0) is 25.0 Å². The molecule has 1 aromatic carbocycles. The van der Waals surface area contributed by atoms with Crippen LogP contribution in [0.5, 0.6) is 5.75 Å². The highest BCUT2D eigenvalue weighted by Crippen LogP contribution is 2.28. The molecule has 0 aliphatic carbocycles. The average Bonchev–Trinajstić information content (AvgIpc) is 3.18. The molecule has 1 aliphatic heterocycles. The zero-order chi connectivity index (χ0) is 23.5. The largest absolute Gasteiger partial charge is 0.573 e. The molecule has 1 amide bonds. The molecule has 13 heteroatoms. The number of hydrogen-bond acceptors (Lipinski definition) is 6. The van der Waals surface area contributed by atoms with Crippen LogP contribution in [0.3, 0.4) is 0 Å². The van der Waals surface area contributed by atoms with Crippen molar-refractivity contribution in [2.75, 3.05) is 13.1 Å². The van der Waals surface area contributed by atoms with Crippen molar-refractivity contribution in [3.63, 3.8) is 0 Å². The maximum atomic E-state index is 12.8. The van der Waals surface area contributed by atoms with E-state index in [1.807, 2.05) is 0 Å². The first-order chi connectivity index (χ1) is 15.0. The average molecular weight is 471 g/mol. The minimum Gasteiger partial charge on any atom is -0.405 e. The number of carbonyl (C=O) groups is 1. The van der Waals surface area contributed by atoms with E-state index in [2.05, 4.69) is 15.0 Å². The molecule has 0 unspecified atom stereocenters. The van der Waals surface area contributed by atoms with Crippen LogP contribution in [0.25, 0.3) is 0 Å². The van der Waals surface area contributed by atoms with Crippen molar-refractivity contribution in [1.29, 1.82) is 5.26 Å². The third kappa shape index (κ3) is 5.57. The summed E-state index contributed by atoms with van der Waals surface area (Å²) in [6.45, 7) is -0.106. The minimum atomic E-state index is -4.96. The number of ether oxygens (including phenoxy) is 1. The summed E-state index contributed by atoms with van der Waals surface area (Å²) in [5.41, 5.74) is 0.00502. The Morgan fingerprint density at radius 1 is 1.41 bits per heavy atom. The van der Waals surface area contributed by atoms with Gasteiger partial charge >= 0.3 is 6.36 Å². The summed E-state index contributed by atoms with van der Waals surface area (Å²) in [4.78, 5) is 16.5. The van der Waals surface area contributed by atoms with E-state index in [0.717, 1.165) is 6.07 Å². The van der Waals surface area contributed by atoms with Crippen LogP contribution in [-0.4, -0.2) is 47.6 Å².